The van der Waals surface area contributed by atoms with E-state index in [1.54, 1.807) is 0 Å². The van der Waals surface area contributed by atoms with Crippen molar-refractivity contribution < 1.29 is 4.79 Å². The highest BCUT2D eigenvalue weighted by Gasteiger charge is 2.10. The molecule has 0 atom stereocenters. The highest BCUT2D eigenvalue weighted by molar-refractivity contribution is 5.78. The first-order chi connectivity index (χ1) is 8.15. The molecule has 0 radical (unpaired) electrons. The van der Waals surface area contributed by atoms with Crippen LogP contribution in [-0.2, 0) is 11.2 Å². The average Bonchev–Trinajstić information content (AvgIpc) is 2.32. The number of aryl methyl sites for hydroxylation is 1. The Morgan fingerprint density at radius 2 is 2.06 bits per heavy atom. The standard InChI is InChI=1S/C14H22N2O/c1-12-7-4-5-8-13(12)11-14(17)16(3)10-6-9-15-2/h4-5,7-8,15H,6,9-11H2,1-3H3. The number of hydrogen-bond donors (Lipinski definition) is 1. The van der Waals surface area contributed by atoms with Gasteiger partial charge in [0, 0.05) is 13.6 Å². The van der Waals surface area contributed by atoms with Gasteiger partial charge in [-0.3, -0.25) is 4.79 Å². The second kappa shape index (κ2) is 7.07. The fourth-order valence-corrected chi connectivity index (χ4v) is 1.72. The molecule has 0 aliphatic carbocycles. The molecule has 0 aromatic heterocycles. The summed E-state index contributed by atoms with van der Waals surface area (Å²) in [5, 5.41) is 3.08. The van der Waals surface area contributed by atoms with Gasteiger partial charge in [0.25, 0.3) is 0 Å². The number of rotatable bonds is 6. The molecule has 0 saturated heterocycles. The Kier molecular flexibility index (Phi) is 5.70. The summed E-state index contributed by atoms with van der Waals surface area (Å²) in [4.78, 5) is 13.8. The number of nitrogens with one attached hydrogen (secondary N) is 1. The predicted octanol–water partition coefficient (Wildman–Crippen LogP) is 1.61. The van der Waals surface area contributed by atoms with Crippen molar-refractivity contribution in [1.82, 2.24) is 10.2 Å². The van der Waals surface area contributed by atoms with Crippen LogP contribution in [0.2, 0.25) is 0 Å². The number of carbonyl (C=O) groups excluding carboxylic acids is 1. The van der Waals surface area contributed by atoms with Gasteiger partial charge >= 0.3 is 0 Å². The summed E-state index contributed by atoms with van der Waals surface area (Å²) in [5.74, 6) is 0.190. The minimum Gasteiger partial charge on any atom is -0.345 e. The minimum absolute atomic E-state index is 0.190. The van der Waals surface area contributed by atoms with Crippen molar-refractivity contribution in [2.75, 3.05) is 27.2 Å². The van der Waals surface area contributed by atoms with E-state index >= 15 is 0 Å². The lowest BCUT2D eigenvalue weighted by molar-refractivity contribution is -0.129. The molecule has 94 valence electrons. The minimum atomic E-state index is 0.190. The van der Waals surface area contributed by atoms with Crippen LogP contribution in [-0.4, -0.2) is 38.0 Å². The van der Waals surface area contributed by atoms with Gasteiger partial charge in [0.05, 0.1) is 6.42 Å². The topological polar surface area (TPSA) is 32.3 Å². The van der Waals surface area contributed by atoms with Crippen molar-refractivity contribution in [2.24, 2.45) is 0 Å². The van der Waals surface area contributed by atoms with Crippen LogP contribution in [0.15, 0.2) is 24.3 Å². The second-order valence-corrected chi connectivity index (χ2v) is 4.38. The summed E-state index contributed by atoms with van der Waals surface area (Å²) in [7, 11) is 3.80. The molecular weight excluding hydrogens is 212 g/mol. The molecule has 3 heteroatoms. The second-order valence-electron chi connectivity index (χ2n) is 4.38. The Balaban J connectivity index is 2.46. The van der Waals surface area contributed by atoms with Gasteiger partial charge in [-0.15, -0.1) is 0 Å². The number of likely N-dealkylation sites (N-methyl/N-ethyl adjacent to an activating group) is 1. The van der Waals surface area contributed by atoms with Gasteiger partial charge in [0.2, 0.25) is 5.91 Å². The van der Waals surface area contributed by atoms with E-state index in [-0.39, 0.29) is 5.91 Å². The lowest BCUT2D eigenvalue weighted by atomic mass is 10.1. The van der Waals surface area contributed by atoms with Crippen molar-refractivity contribution >= 4 is 5.91 Å². The number of nitrogens with zero attached hydrogens (tertiary/aromatic N) is 1. The Labute approximate surface area is 104 Å². The van der Waals surface area contributed by atoms with Crippen molar-refractivity contribution in [2.45, 2.75) is 19.8 Å². The maximum atomic E-state index is 12.0. The van der Waals surface area contributed by atoms with E-state index in [1.165, 1.54) is 5.56 Å². The Hall–Kier alpha value is -1.35. The van der Waals surface area contributed by atoms with Crippen LogP contribution in [0, 0.1) is 6.92 Å². The molecule has 17 heavy (non-hydrogen) atoms. The van der Waals surface area contributed by atoms with Gasteiger partial charge in [-0.25, -0.2) is 0 Å². The van der Waals surface area contributed by atoms with Gasteiger partial charge in [-0.2, -0.15) is 0 Å². The smallest absolute Gasteiger partial charge is 0.226 e. The summed E-state index contributed by atoms with van der Waals surface area (Å²) in [6.07, 6.45) is 1.50. The predicted molar refractivity (Wildman–Crippen MR) is 71.1 cm³/mol. The number of amides is 1. The lowest BCUT2D eigenvalue weighted by Gasteiger charge is -2.17. The Morgan fingerprint density at radius 3 is 2.71 bits per heavy atom. The monoisotopic (exact) mass is 234 g/mol. The first-order valence-corrected chi connectivity index (χ1v) is 6.08. The first kappa shape index (κ1) is 13.7. The molecular formula is C14H22N2O. The van der Waals surface area contributed by atoms with E-state index in [0.717, 1.165) is 25.1 Å². The lowest BCUT2D eigenvalue weighted by Crippen LogP contribution is -2.30. The van der Waals surface area contributed by atoms with E-state index in [1.807, 2.05) is 50.2 Å². The summed E-state index contributed by atoms with van der Waals surface area (Å²) in [6, 6.07) is 8.05. The van der Waals surface area contributed by atoms with Crippen molar-refractivity contribution in [3.63, 3.8) is 0 Å². The number of carbonyl (C=O) groups is 1. The molecule has 1 amide bonds. The molecule has 0 bridgehead atoms. The van der Waals surface area contributed by atoms with Crippen molar-refractivity contribution in [1.29, 1.82) is 0 Å². The Bertz CT molecular complexity index is 363. The summed E-state index contributed by atoms with van der Waals surface area (Å²) >= 11 is 0. The van der Waals surface area contributed by atoms with Crippen LogP contribution in [0.3, 0.4) is 0 Å². The molecule has 0 spiro atoms. The maximum Gasteiger partial charge on any atom is 0.226 e. The molecule has 0 saturated carbocycles. The largest absolute Gasteiger partial charge is 0.345 e. The molecule has 1 rings (SSSR count). The summed E-state index contributed by atoms with van der Waals surface area (Å²) in [6.45, 7) is 3.80. The molecule has 1 aromatic rings. The third-order valence-electron chi connectivity index (χ3n) is 2.95. The quantitative estimate of drug-likeness (QED) is 0.758. The fourth-order valence-electron chi connectivity index (χ4n) is 1.72. The highest BCUT2D eigenvalue weighted by atomic mass is 16.2. The molecule has 1 aromatic carbocycles. The van der Waals surface area contributed by atoms with E-state index in [4.69, 9.17) is 0 Å². The van der Waals surface area contributed by atoms with Gasteiger partial charge in [0.15, 0.2) is 0 Å². The van der Waals surface area contributed by atoms with Crippen LogP contribution in [0.4, 0.5) is 0 Å². The third-order valence-corrected chi connectivity index (χ3v) is 2.95. The van der Waals surface area contributed by atoms with E-state index in [2.05, 4.69) is 5.32 Å². The molecule has 0 aliphatic heterocycles. The number of benzene rings is 1. The maximum absolute atomic E-state index is 12.0. The zero-order valence-corrected chi connectivity index (χ0v) is 11.0. The molecule has 1 N–H and O–H groups in total. The first-order valence-electron chi connectivity index (χ1n) is 6.08. The van der Waals surface area contributed by atoms with Gasteiger partial charge in [0.1, 0.15) is 0 Å². The SMILES string of the molecule is CNCCCN(C)C(=O)Cc1ccccc1C. The van der Waals surface area contributed by atoms with Crippen LogP contribution >= 0.6 is 0 Å². The summed E-state index contributed by atoms with van der Waals surface area (Å²) < 4.78 is 0. The number of hydrogen-bond acceptors (Lipinski definition) is 2. The van der Waals surface area contributed by atoms with Crippen molar-refractivity contribution in [3.8, 4) is 0 Å². The van der Waals surface area contributed by atoms with Crippen LogP contribution in [0.5, 0.6) is 0 Å². The van der Waals surface area contributed by atoms with E-state index < -0.39 is 0 Å². The summed E-state index contributed by atoms with van der Waals surface area (Å²) in [5.41, 5.74) is 2.31. The van der Waals surface area contributed by atoms with Crippen LogP contribution in [0.1, 0.15) is 17.5 Å². The zero-order chi connectivity index (χ0) is 12.7. The van der Waals surface area contributed by atoms with E-state index in [0.29, 0.717) is 6.42 Å². The van der Waals surface area contributed by atoms with Gasteiger partial charge < -0.3 is 10.2 Å². The highest BCUT2D eigenvalue weighted by Crippen LogP contribution is 2.08. The third kappa shape index (κ3) is 4.57. The van der Waals surface area contributed by atoms with Crippen LogP contribution < -0.4 is 5.32 Å². The molecule has 0 aliphatic rings. The fraction of sp³-hybridized carbons (Fsp3) is 0.500. The molecule has 0 unspecified atom stereocenters. The molecule has 0 fully saturated rings. The Morgan fingerprint density at radius 1 is 1.35 bits per heavy atom. The van der Waals surface area contributed by atoms with Crippen molar-refractivity contribution in [3.05, 3.63) is 35.4 Å². The molecule has 3 nitrogen and oxygen atoms in total. The van der Waals surface area contributed by atoms with Gasteiger partial charge in [-0.05, 0) is 38.1 Å². The molecule has 0 heterocycles. The van der Waals surface area contributed by atoms with E-state index in [9.17, 15) is 4.79 Å². The zero-order valence-electron chi connectivity index (χ0n) is 11.0. The average molecular weight is 234 g/mol. The van der Waals surface area contributed by atoms with Gasteiger partial charge in [-0.1, -0.05) is 24.3 Å². The normalized spacial score (nSPS) is 10.3. The van der Waals surface area contributed by atoms with Crippen LogP contribution in [0.25, 0.3) is 0 Å².